The summed E-state index contributed by atoms with van der Waals surface area (Å²) in [5.74, 6) is 0.216. The maximum absolute atomic E-state index is 11.8. The van der Waals surface area contributed by atoms with E-state index in [-0.39, 0.29) is 12.3 Å². The van der Waals surface area contributed by atoms with Gasteiger partial charge in [0.05, 0.1) is 0 Å². The van der Waals surface area contributed by atoms with Crippen molar-refractivity contribution in [2.75, 3.05) is 13.1 Å². The molecule has 0 spiro atoms. The van der Waals surface area contributed by atoms with E-state index in [1.54, 1.807) is 0 Å². The third-order valence-corrected chi connectivity index (χ3v) is 1.91. The summed E-state index contributed by atoms with van der Waals surface area (Å²) in [6.45, 7) is 1.78. The van der Waals surface area contributed by atoms with Crippen LogP contribution >= 0.6 is 0 Å². The van der Waals surface area contributed by atoms with Crippen LogP contribution in [0.15, 0.2) is 0 Å². The lowest BCUT2D eigenvalue weighted by atomic mass is 9.97. The van der Waals surface area contributed by atoms with Gasteiger partial charge in [0.25, 0.3) is 0 Å². The number of nitrogens with one attached hydrogen (secondary N) is 1. The molecule has 10 heavy (non-hydrogen) atoms. The van der Waals surface area contributed by atoms with Crippen LogP contribution in [0.25, 0.3) is 0 Å². The van der Waals surface area contributed by atoms with E-state index in [2.05, 4.69) is 5.32 Å². The fourth-order valence-corrected chi connectivity index (χ4v) is 1.38. The van der Waals surface area contributed by atoms with E-state index in [1.807, 2.05) is 0 Å². The minimum Gasteiger partial charge on any atom is -0.316 e. The molecule has 0 aromatic rings. The van der Waals surface area contributed by atoms with Crippen molar-refractivity contribution >= 4 is 0 Å². The fourth-order valence-electron chi connectivity index (χ4n) is 1.38. The molecule has 0 unspecified atom stereocenters. The normalized spacial score (nSPS) is 27.3. The molecular weight excluding hydrogens is 136 g/mol. The molecule has 1 aliphatic heterocycles. The molecule has 0 saturated carbocycles. The van der Waals surface area contributed by atoms with Crippen LogP contribution < -0.4 is 5.32 Å². The molecular formula is C7H13F2N. The predicted molar refractivity (Wildman–Crippen MR) is 36.2 cm³/mol. The predicted octanol–water partition coefficient (Wildman–Crippen LogP) is 1.64. The van der Waals surface area contributed by atoms with Gasteiger partial charge in [-0.25, -0.2) is 8.78 Å². The van der Waals surface area contributed by atoms with Crippen molar-refractivity contribution in [3.8, 4) is 0 Å². The number of rotatable bonds is 2. The van der Waals surface area contributed by atoms with Gasteiger partial charge in [0.1, 0.15) is 0 Å². The van der Waals surface area contributed by atoms with Gasteiger partial charge in [0, 0.05) is 6.42 Å². The molecule has 1 nitrogen and oxygen atoms in total. The van der Waals surface area contributed by atoms with E-state index < -0.39 is 6.43 Å². The lowest BCUT2D eigenvalue weighted by Gasteiger charge is -2.21. The first-order valence-corrected chi connectivity index (χ1v) is 3.78. The standard InChI is InChI=1S/C7H13F2N/c8-7(9)4-6-2-1-3-10-5-6/h6-7,10H,1-5H2/t6-/m0/s1. The zero-order valence-electron chi connectivity index (χ0n) is 5.95. The first-order valence-electron chi connectivity index (χ1n) is 3.78. The molecule has 1 rings (SSSR count). The van der Waals surface area contributed by atoms with Crippen LogP contribution in [0, 0.1) is 5.92 Å². The maximum Gasteiger partial charge on any atom is 0.238 e. The van der Waals surface area contributed by atoms with Crippen LogP contribution in [-0.2, 0) is 0 Å². The molecule has 0 aromatic carbocycles. The molecule has 0 amide bonds. The van der Waals surface area contributed by atoms with Gasteiger partial charge in [-0.15, -0.1) is 0 Å². The van der Waals surface area contributed by atoms with Crippen molar-refractivity contribution in [1.29, 1.82) is 0 Å². The van der Waals surface area contributed by atoms with Gasteiger partial charge >= 0.3 is 0 Å². The third-order valence-electron chi connectivity index (χ3n) is 1.91. The van der Waals surface area contributed by atoms with E-state index >= 15 is 0 Å². The average Bonchev–Trinajstić information content (AvgIpc) is 1.88. The average molecular weight is 149 g/mol. The highest BCUT2D eigenvalue weighted by Crippen LogP contribution is 2.17. The number of halogens is 2. The topological polar surface area (TPSA) is 12.0 Å². The molecule has 1 atom stereocenters. The Balaban J connectivity index is 2.13. The Hall–Kier alpha value is -0.180. The van der Waals surface area contributed by atoms with Gasteiger partial charge in [0.2, 0.25) is 6.43 Å². The molecule has 1 aliphatic rings. The number of hydrogen-bond donors (Lipinski definition) is 1. The van der Waals surface area contributed by atoms with Crippen LogP contribution in [-0.4, -0.2) is 19.5 Å². The van der Waals surface area contributed by atoms with Crippen LogP contribution in [0.4, 0.5) is 8.78 Å². The molecule has 1 heterocycles. The first kappa shape index (κ1) is 7.92. The summed E-state index contributed by atoms with van der Waals surface area (Å²) in [6, 6.07) is 0. The summed E-state index contributed by atoms with van der Waals surface area (Å²) in [7, 11) is 0. The molecule has 0 bridgehead atoms. The highest BCUT2D eigenvalue weighted by atomic mass is 19.3. The van der Waals surface area contributed by atoms with Gasteiger partial charge in [0.15, 0.2) is 0 Å². The number of piperidine rings is 1. The molecule has 1 N–H and O–H groups in total. The fraction of sp³-hybridized carbons (Fsp3) is 1.00. The summed E-state index contributed by atoms with van der Waals surface area (Å²) < 4.78 is 23.6. The van der Waals surface area contributed by atoms with Gasteiger partial charge < -0.3 is 5.32 Å². The SMILES string of the molecule is FC(F)C[C@@H]1CCCNC1. The zero-order valence-corrected chi connectivity index (χ0v) is 5.95. The smallest absolute Gasteiger partial charge is 0.238 e. The monoisotopic (exact) mass is 149 g/mol. The van der Waals surface area contributed by atoms with Gasteiger partial charge in [-0.05, 0) is 31.8 Å². The van der Waals surface area contributed by atoms with E-state index in [0.717, 1.165) is 25.9 Å². The van der Waals surface area contributed by atoms with E-state index in [0.29, 0.717) is 0 Å². The summed E-state index contributed by atoms with van der Waals surface area (Å²) in [4.78, 5) is 0. The van der Waals surface area contributed by atoms with Gasteiger partial charge in [-0.2, -0.15) is 0 Å². The molecule has 60 valence electrons. The summed E-state index contributed by atoms with van der Waals surface area (Å²) in [6.07, 6.45) is -0.0215. The molecule has 1 saturated heterocycles. The van der Waals surface area contributed by atoms with Crippen molar-refractivity contribution in [3.05, 3.63) is 0 Å². The second-order valence-electron chi connectivity index (χ2n) is 2.84. The Kier molecular flexibility index (Phi) is 3.06. The van der Waals surface area contributed by atoms with Crippen molar-refractivity contribution in [1.82, 2.24) is 5.32 Å². The molecule has 3 heteroatoms. The van der Waals surface area contributed by atoms with Crippen molar-refractivity contribution in [2.45, 2.75) is 25.7 Å². The quantitative estimate of drug-likeness (QED) is 0.629. The maximum atomic E-state index is 11.8. The summed E-state index contributed by atoms with van der Waals surface area (Å²) >= 11 is 0. The second-order valence-corrected chi connectivity index (χ2v) is 2.84. The zero-order chi connectivity index (χ0) is 7.40. The molecule has 0 radical (unpaired) electrons. The second kappa shape index (κ2) is 3.86. The van der Waals surface area contributed by atoms with Gasteiger partial charge in [-0.3, -0.25) is 0 Å². The van der Waals surface area contributed by atoms with E-state index in [1.165, 1.54) is 0 Å². The summed E-state index contributed by atoms with van der Waals surface area (Å²) in [5, 5.41) is 3.11. The summed E-state index contributed by atoms with van der Waals surface area (Å²) in [5.41, 5.74) is 0. The van der Waals surface area contributed by atoms with Gasteiger partial charge in [-0.1, -0.05) is 0 Å². The van der Waals surface area contributed by atoms with Crippen LogP contribution in [0.2, 0.25) is 0 Å². The lowest BCUT2D eigenvalue weighted by Crippen LogP contribution is -2.30. The Labute approximate surface area is 59.8 Å². The Morgan fingerprint density at radius 1 is 1.50 bits per heavy atom. The van der Waals surface area contributed by atoms with Crippen molar-refractivity contribution in [3.63, 3.8) is 0 Å². The van der Waals surface area contributed by atoms with E-state index in [4.69, 9.17) is 0 Å². The highest BCUT2D eigenvalue weighted by molar-refractivity contribution is 4.69. The van der Waals surface area contributed by atoms with Crippen LogP contribution in [0.5, 0.6) is 0 Å². The highest BCUT2D eigenvalue weighted by Gasteiger charge is 2.16. The van der Waals surface area contributed by atoms with Crippen LogP contribution in [0.3, 0.4) is 0 Å². The van der Waals surface area contributed by atoms with Crippen molar-refractivity contribution < 1.29 is 8.78 Å². The Bertz CT molecular complexity index is 89.6. The molecule has 0 aromatic heterocycles. The number of hydrogen-bond acceptors (Lipinski definition) is 1. The Morgan fingerprint density at radius 3 is 2.80 bits per heavy atom. The minimum atomic E-state index is -2.12. The van der Waals surface area contributed by atoms with Crippen molar-refractivity contribution in [2.24, 2.45) is 5.92 Å². The first-order chi connectivity index (χ1) is 4.79. The largest absolute Gasteiger partial charge is 0.316 e. The third kappa shape index (κ3) is 2.60. The molecule has 0 aliphatic carbocycles. The molecule has 1 fully saturated rings. The number of alkyl halides is 2. The lowest BCUT2D eigenvalue weighted by molar-refractivity contribution is 0.107. The Morgan fingerprint density at radius 2 is 2.30 bits per heavy atom. The minimum absolute atomic E-state index is 0.0764. The van der Waals surface area contributed by atoms with Crippen LogP contribution in [0.1, 0.15) is 19.3 Å². The van der Waals surface area contributed by atoms with E-state index in [9.17, 15) is 8.78 Å².